The Hall–Kier alpha value is -3.09. The largest absolute Gasteiger partial charge is 0.481 e. The molecule has 0 radical (unpaired) electrons. The number of nitrogens with one attached hydrogen (secondary N) is 1. The summed E-state index contributed by atoms with van der Waals surface area (Å²) in [6.07, 6.45) is -0.0675. The minimum absolute atomic E-state index is 0.0736. The van der Waals surface area contributed by atoms with Gasteiger partial charge in [-0.05, 0) is 36.2 Å². The lowest BCUT2D eigenvalue weighted by Gasteiger charge is -2.10. The summed E-state index contributed by atoms with van der Waals surface area (Å²) >= 11 is 0. The molecule has 0 aliphatic heterocycles. The van der Waals surface area contributed by atoms with Gasteiger partial charge in [0.1, 0.15) is 11.9 Å². The third-order valence-corrected chi connectivity index (χ3v) is 3.43. The SMILES string of the molecule is O=NC(CCC(=O)O)c1ccc(NC(=O)c2ccccc2F)cc1. The van der Waals surface area contributed by atoms with E-state index in [2.05, 4.69) is 10.5 Å². The second-order valence-corrected chi connectivity index (χ2v) is 5.11. The van der Waals surface area contributed by atoms with E-state index in [1.807, 2.05) is 0 Å². The lowest BCUT2D eigenvalue weighted by atomic mass is 10.0. The topological polar surface area (TPSA) is 95.8 Å². The first-order valence-corrected chi connectivity index (χ1v) is 7.21. The zero-order valence-corrected chi connectivity index (χ0v) is 12.6. The van der Waals surface area contributed by atoms with Crippen molar-refractivity contribution in [1.82, 2.24) is 0 Å². The monoisotopic (exact) mass is 330 g/mol. The summed E-state index contributed by atoms with van der Waals surface area (Å²) < 4.78 is 13.6. The van der Waals surface area contributed by atoms with Crippen molar-refractivity contribution < 1.29 is 19.1 Å². The molecule has 0 spiro atoms. The number of hydrogen-bond acceptors (Lipinski definition) is 4. The normalized spacial score (nSPS) is 11.5. The lowest BCUT2D eigenvalue weighted by molar-refractivity contribution is -0.137. The third-order valence-electron chi connectivity index (χ3n) is 3.43. The van der Waals surface area contributed by atoms with Crippen LogP contribution in [-0.2, 0) is 4.79 Å². The van der Waals surface area contributed by atoms with Gasteiger partial charge in [-0.3, -0.25) is 9.59 Å². The molecule has 0 heterocycles. The number of carbonyl (C=O) groups is 2. The smallest absolute Gasteiger partial charge is 0.303 e. The Kier molecular flexibility index (Phi) is 5.73. The summed E-state index contributed by atoms with van der Waals surface area (Å²) in [5, 5.41) is 14.1. The van der Waals surface area contributed by atoms with Crippen LogP contribution >= 0.6 is 0 Å². The molecule has 0 bridgehead atoms. The lowest BCUT2D eigenvalue weighted by Crippen LogP contribution is -2.13. The Balaban J connectivity index is 2.06. The number of anilines is 1. The van der Waals surface area contributed by atoms with Crippen molar-refractivity contribution in [1.29, 1.82) is 0 Å². The number of rotatable bonds is 7. The first-order valence-electron chi connectivity index (χ1n) is 7.21. The highest BCUT2D eigenvalue weighted by Crippen LogP contribution is 2.24. The number of benzene rings is 2. The van der Waals surface area contributed by atoms with Gasteiger partial charge >= 0.3 is 5.97 Å². The second kappa shape index (κ2) is 7.96. The van der Waals surface area contributed by atoms with Crippen molar-refractivity contribution in [3.05, 3.63) is 70.4 Å². The average Bonchev–Trinajstić information content (AvgIpc) is 2.57. The molecular weight excluding hydrogens is 315 g/mol. The second-order valence-electron chi connectivity index (χ2n) is 5.11. The van der Waals surface area contributed by atoms with Gasteiger partial charge in [0, 0.05) is 12.1 Å². The number of amides is 1. The fourth-order valence-corrected chi connectivity index (χ4v) is 2.17. The van der Waals surface area contributed by atoms with Crippen molar-refractivity contribution in [3.63, 3.8) is 0 Å². The fourth-order valence-electron chi connectivity index (χ4n) is 2.17. The summed E-state index contributed by atoms with van der Waals surface area (Å²) in [5.41, 5.74) is 0.903. The maximum absolute atomic E-state index is 13.6. The van der Waals surface area contributed by atoms with Crippen LogP contribution in [0.5, 0.6) is 0 Å². The molecule has 2 N–H and O–H groups in total. The maximum atomic E-state index is 13.6. The molecule has 0 aliphatic carbocycles. The summed E-state index contributed by atoms with van der Waals surface area (Å²) in [6, 6.07) is 11.1. The molecule has 24 heavy (non-hydrogen) atoms. The van der Waals surface area contributed by atoms with Crippen molar-refractivity contribution in [3.8, 4) is 0 Å². The van der Waals surface area contributed by atoms with Crippen molar-refractivity contribution in [2.45, 2.75) is 18.9 Å². The van der Waals surface area contributed by atoms with Gasteiger partial charge in [-0.25, -0.2) is 4.39 Å². The van der Waals surface area contributed by atoms with Crippen LogP contribution in [0.1, 0.15) is 34.8 Å². The van der Waals surface area contributed by atoms with E-state index >= 15 is 0 Å². The minimum atomic E-state index is -1.00. The average molecular weight is 330 g/mol. The molecule has 0 fully saturated rings. The highest BCUT2D eigenvalue weighted by molar-refractivity contribution is 6.04. The van der Waals surface area contributed by atoms with E-state index in [-0.39, 0.29) is 18.4 Å². The molecule has 0 saturated carbocycles. The zero-order valence-electron chi connectivity index (χ0n) is 12.6. The number of aliphatic carboxylic acids is 1. The van der Waals surface area contributed by atoms with Gasteiger partial charge in [0.25, 0.3) is 5.91 Å². The molecule has 2 aromatic carbocycles. The highest BCUT2D eigenvalue weighted by atomic mass is 19.1. The number of nitroso groups, excluding NO2 is 1. The van der Waals surface area contributed by atoms with E-state index in [1.165, 1.54) is 18.2 Å². The van der Waals surface area contributed by atoms with Gasteiger partial charge in [-0.1, -0.05) is 29.4 Å². The highest BCUT2D eigenvalue weighted by Gasteiger charge is 2.15. The minimum Gasteiger partial charge on any atom is -0.481 e. The molecule has 1 unspecified atom stereocenters. The van der Waals surface area contributed by atoms with Crippen LogP contribution in [-0.4, -0.2) is 17.0 Å². The molecule has 0 saturated heterocycles. The van der Waals surface area contributed by atoms with E-state index in [4.69, 9.17) is 5.11 Å². The van der Waals surface area contributed by atoms with E-state index < -0.39 is 23.7 Å². The molecule has 7 heteroatoms. The number of halogens is 1. The number of carbonyl (C=O) groups excluding carboxylic acids is 1. The summed E-state index contributed by atoms with van der Waals surface area (Å²) in [7, 11) is 0. The van der Waals surface area contributed by atoms with Crippen LogP contribution in [0.25, 0.3) is 0 Å². The Morgan fingerprint density at radius 3 is 2.38 bits per heavy atom. The van der Waals surface area contributed by atoms with Crippen molar-refractivity contribution in [2.75, 3.05) is 5.32 Å². The zero-order chi connectivity index (χ0) is 17.5. The third kappa shape index (κ3) is 4.45. The van der Waals surface area contributed by atoms with Gasteiger partial charge in [0.2, 0.25) is 0 Å². The van der Waals surface area contributed by atoms with Crippen LogP contribution in [0.3, 0.4) is 0 Å². The molecule has 124 valence electrons. The van der Waals surface area contributed by atoms with Gasteiger partial charge in [0.15, 0.2) is 0 Å². The Labute approximate surface area is 137 Å². The Morgan fingerprint density at radius 2 is 1.79 bits per heavy atom. The van der Waals surface area contributed by atoms with Crippen LogP contribution in [0.4, 0.5) is 10.1 Å². The first-order chi connectivity index (χ1) is 11.5. The number of carboxylic acids is 1. The quantitative estimate of drug-likeness (QED) is 0.756. The summed E-state index contributed by atoms with van der Waals surface area (Å²) in [5.74, 6) is -2.21. The summed E-state index contributed by atoms with van der Waals surface area (Å²) in [6.45, 7) is 0. The first kappa shape index (κ1) is 17.3. The van der Waals surface area contributed by atoms with Crippen molar-refractivity contribution >= 4 is 17.6 Å². The molecule has 0 aliphatic rings. The van der Waals surface area contributed by atoms with E-state index in [9.17, 15) is 18.9 Å². The van der Waals surface area contributed by atoms with Gasteiger partial charge in [-0.15, -0.1) is 0 Å². The molecule has 2 rings (SSSR count). The van der Waals surface area contributed by atoms with Crippen LogP contribution in [0.15, 0.2) is 53.7 Å². The van der Waals surface area contributed by atoms with Crippen molar-refractivity contribution in [2.24, 2.45) is 5.18 Å². The number of carboxylic acid groups (broad SMARTS) is 1. The predicted octanol–water partition coefficient (Wildman–Crippen LogP) is 3.75. The fraction of sp³-hybridized carbons (Fsp3) is 0.176. The van der Waals surface area contributed by atoms with Crippen LogP contribution < -0.4 is 5.32 Å². The van der Waals surface area contributed by atoms with Gasteiger partial charge in [-0.2, -0.15) is 4.91 Å². The van der Waals surface area contributed by atoms with Gasteiger partial charge < -0.3 is 10.4 Å². The maximum Gasteiger partial charge on any atom is 0.303 e. The van der Waals surface area contributed by atoms with Crippen LogP contribution in [0, 0.1) is 10.7 Å². The van der Waals surface area contributed by atoms with Crippen LogP contribution in [0.2, 0.25) is 0 Å². The number of hydrogen-bond donors (Lipinski definition) is 2. The molecule has 2 aromatic rings. The van der Waals surface area contributed by atoms with E-state index in [0.717, 1.165) is 0 Å². The summed E-state index contributed by atoms with van der Waals surface area (Å²) in [4.78, 5) is 33.4. The predicted molar refractivity (Wildman–Crippen MR) is 86.2 cm³/mol. The standard InChI is InChI=1S/C17H15FN2O4/c18-14-4-2-1-3-13(14)17(23)19-12-7-5-11(6-8-12)15(20-24)9-10-16(21)22/h1-8,15H,9-10H2,(H,19,23)(H,21,22). The molecular formula is C17H15FN2O4. The molecule has 0 aromatic heterocycles. The van der Waals surface area contributed by atoms with E-state index in [0.29, 0.717) is 11.3 Å². The van der Waals surface area contributed by atoms with E-state index in [1.54, 1.807) is 30.3 Å². The molecule has 6 nitrogen and oxygen atoms in total. The molecule has 1 amide bonds. The Morgan fingerprint density at radius 1 is 1.12 bits per heavy atom. The van der Waals surface area contributed by atoms with Gasteiger partial charge in [0.05, 0.1) is 5.56 Å². The molecule has 1 atom stereocenters. The Bertz CT molecular complexity index is 747. The number of nitrogens with zero attached hydrogens (tertiary/aromatic N) is 1.